The van der Waals surface area contributed by atoms with Gasteiger partial charge in [0.25, 0.3) is 5.89 Å². The Labute approximate surface area is 147 Å². The van der Waals surface area contributed by atoms with Crippen molar-refractivity contribution in [2.75, 3.05) is 0 Å². The van der Waals surface area contributed by atoms with Gasteiger partial charge >= 0.3 is 5.69 Å². The average Bonchev–Trinajstić information content (AvgIpc) is 3.21. The number of pyridine rings is 1. The molecule has 130 valence electrons. The van der Waals surface area contributed by atoms with Crippen LogP contribution in [0, 0.1) is 24.0 Å². The van der Waals surface area contributed by atoms with Crippen LogP contribution in [0.5, 0.6) is 0 Å². The van der Waals surface area contributed by atoms with Gasteiger partial charge < -0.3 is 4.42 Å². The van der Waals surface area contributed by atoms with Gasteiger partial charge in [-0.3, -0.25) is 14.8 Å². The quantitative estimate of drug-likeness (QED) is 0.410. The Morgan fingerprint density at radius 3 is 2.81 bits per heavy atom. The van der Waals surface area contributed by atoms with Crippen LogP contribution < -0.4 is 0 Å². The largest absolute Gasteiger partial charge is 0.417 e. The van der Waals surface area contributed by atoms with E-state index in [-0.39, 0.29) is 12.2 Å². The van der Waals surface area contributed by atoms with E-state index in [1.165, 1.54) is 10.9 Å². The summed E-state index contributed by atoms with van der Waals surface area (Å²) in [6, 6.07) is 9.76. The summed E-state index contributed by atoms with van der Waals surface area (Å²) in [7, 11) is 0. The van der Waals surface area contributed by atoms with Crippen LogP contribution in [-0.2, 0) is 6.54 Å². The molecule has 3 aromatic heterocycles. The van der Waals surface area contributed by atoms with E-state index in [4.69, 9.17) is 4.42 Å². The number of fused-ring (bicyclic) bond motifs is 1. The first-order chi connectivity index (χ1) is 12.5. The van der Waals surface area contributed by atoms with Crippen LogP contribution in [0.2, 0.25) is 0 Å². The number of rotatable bonds is 4. The first-order valence-corrected chi connectivity index (χ1v) is 7.88. The molecule has 0 aliphatic carbocycles. The van der Waals surface area contributed by atoms with Crippen molar-refractivity contribution in [1.29, 1.82) is 0 Å². The maximum Gasteiger partial charge on any atom is 0.309 e. The number of nitrogens with zero attached hydrogens (tertiary/aromatic N) is 6. The number of hydrogen-bond acceptors (Lipinski definition) is 7. The van der Waals surface area contributed by atoms with E-state index in [0.717, 1.165) is 16.5 Å². The molecule has 4 rings (SSSR count). The third kappa shape index (κ3) is 2.90. The van der Waals surface area contributed by atoms with E-state index in [1.54, 1.807) is 6.92 Å². The van der Waals surface area contributed by atoms with E-state index in [9.17, 15) is 10.1 Å². The van der Waals surface area contributed by atoms with Crippen LogP contribution in [0.15, 0.2) is 40.9 Å². The SMILES string of the molecule is Cc1ccc2nc(-c3nnc(Cn4cc([N+](=O)[O-])c(C)n4)o3)ccc2c1. The molecular weight excluding hydrogens is 336 g/mol. The van der Waals surface area contributed by atoms with Crippen molar-refractivity contribution in [1.82, 2.24) is 25.0 Å². The Morgan fingerprint density at radius 1 is 1.19 bits per heavy atom. The topological polar surface area (TPSA) is 113 Å². The van der Waals surface area contributed by atoms with Crippen molar-refractivity contribution in [3.63, 3.8) is 0 Å². The van der Waals surface area contributed by atoms with Crippen LogP contribution in [0.3, 0.4) is 0 Å². The van der Waals surface area contributed by atoms with E-state index in [2.05, 4.69) is 26.3 Å². The molecule has 1 aromatic carbocycles. The van der Waals surface area contributed by atoms with Gasteiger partial charge in [-0.15, -0.1) is 10.2 Å². The Balaban J connectivity index is 1.61. The fourth-order valence-corrected chi connectivity index (χ4v) is 2.69. The predicted octanol–water partition coefficient (Wildman–Crippen LogP) is 3.05. The maximum atomic E-state index is 10.9. The smallest absolute Gasteiger partial charge is 0.309 e. The zero-order valence-corrected chi connectivity index (χ0v) is 14.1. The normalized spacial score (nSPS) is 11.2. The van der Waals surface area contributed by atoms with Gasteiger partial charge in [0.2, 0.25) is 5.89 Å². The van der Waals surface area contributed by atoms with Gasteiger partial charge in [0, 0.05) is 5.39 Å². The van der Waals surface area contributed by atoms with Crippen molar-refractivity contribution in [2.24, 2.45) is 0 Å². The van der Waals surface area contributed by atoms with Crippen molar-refractivity contribution in [3.05, 3.63) is 63.8 Å². The Morgan fingerprint density at radius 2 is 2.04 bits per heavy atom. The highest BCUT2D eigenvalue weighted by molar-refractivity contribution is 5.81. The summed E-state index contributed by atoms with van der Waals surface area (Å²) in [6.07, 6.45) is 1.34. The highest BCUT2D eigenvalue weighted by atomic mass is 16.6. The molecular formula is C17H14N6O3. The van der Waals surface area contributed by atoms with Crippen LogP contribution >= 0.6 is 0 Å². The Hall–Kier alpha value is -3.62. The summed E-state index contributed by atoms with van der Waals surface area (Å²) in [5.74, 6) is 0.587. The van der Waals surface area contributed by atoms with E-state index < -0.39 is 4.92 Å². The van der Waals surface area contributed by atoms with Crippen molar-refractivity contribution in [2.45, 2.75) is 20.4 Å². The van der Waals surface area contributed by atoms with Gasteiger partial charge in [0.1, 0.15) is 24.1 Å². The maximum absolute atomic E-state index is 10.9. The predicted molar refractivity (Wildman–Crippen MR) is 92.5 cm³/mol. The Bertz CT molecular complexity index is 1130. The van der Waals surface area contributed by atoms with Crippen LogP contribution in [0.25, 0.3) is 22.5 Å². The molecule has 0 bridgehead atoms. The van der Waals surface area contributed by atoms with Crippen LogP contribution in [0.1, 0.15) is 17.1 Å². The lowest BCUT2D eigenvalue weighted by Gasteiger charge is -2.00. The summed E-state index contributed by atoms with van der Waals surface area (Å²) in [4.78, 5) is 15.0. The van der Waals surface area contributed by atoms with Crippen molar-refractivity contribution in [3.8, 4) is 11.6 Å². The zero-order chi connectivity index (χ0) is 18.3. The van der Waals surface area contributed by atoms with Crippen LogP contribution in [0.4, 0.5) is 5.69 Å². The molecule has 0 atom stereocenters. The second-order valence-electron chi connectivity index (χ2n) is 5.95. The van der Waals surface area contributed by atoms with Crippen LogP contribution in [-0.4, -0.2) is 29.9 Å². The standard InChI is InChI=1S/C17H14N6O3/c1-10-3-5-13-12(7-10)4-6-14(18-13)17-20-19-16(26-17)9-22-8-15(23(24)25)11(2)21-22/h3-8H,9H2,1-2H3. The lowest BCUT2D eigenvalue weighted by atomic mass is 10.1. The highest BCUT2D eigenvalue weighted by Gasteiger charge is 2.17. The van der Waals surface area contributed by atoms with Gasteiger partial charge in [-0.05, 0) is 32.0 Å². The molecule has 0 amide bonds. The molecule has 9 nitrogen and oxygen atoms in total. The third-order valence-corrected chi connectivity index (χ3v) is 3.95. The molecule has 0 aliphatic heterocycles. The fraction of sp³-hybridized carbons (Fsp3) is 0.176. The molecule has 0 fully saturated rings. The molecule has 0 saturated carbocycles. The number of hydrogen-bond donors (Lipinski definition) is 0. The lowest BCUT2D eigenvalue weighted by molar-refractivity contribution is -0.385. The molecule has 4 aromatic rings. The second-order valence-corrected chi connectivity index (χ2v) is 5.95. The minimum absolute atomic E-state index is 0.0452. The number of nitro groups is 1. The molecule has 0 radical (unpaired) electrons. The number of benzene rings is 1. The van der Waals surface area contributed by atoms with Crippen molar-refractivity contribution >= 4 is 16.6 Å². The molecule has 3 heterocycles. The summed E-state index contributed by atoms with van der Waals surface area (Å²) in [6.45, 7) is 3.75. The summed E-state index contributed by atoms with van der Waals surface area (Å²) in [5, 5.41) is 24.0. The summed E-state index contributed by atoms with van der Waals surface area (Å²) >= 11 is 0. The minimum Gasteiger partial charge on any atom is -0.417 e. The molecule has 0 unspecified atom stereocenters. The first kappa shape index (κ1) is 15.9. The van der Waals surface area contributed by atoms with Gasteiger partial charge in [0.05, 0.1) is 10.4 Å². The van der Waals surface area contributed by atoms with Gasteiger partial charge in [-0.2, -0.15) is 5.10 Å². The third-order valence-electron chi connectivity index (χ3n) is 3.95. The van der Waals surface area contributed by atoms with E-state index >= 15 is 0 Å². The van der Waals surface area contributed by atoms with E-state index in [0.29, 0.717) is 23.2 Å². The highest BCUT2D eigenvalue weighted by Crippen LogP contribution is 2.21. The minimum atomic E-state index is -0.473. The number of aryl methyl sites for hydroxylation is 2. The second kappa shape index (κ2) is 6.03. The summed E-state index contributed by atoms with van der Waals surface area (Å²) < 4.78 is 7.04. The zero-order valence-electron chi connectivity index (χ0n) is 14.1. The molecule has 0 spiro atoms. The van der Waals surface area contributed by atoms with Gasteiger partial charge in [0.15, 0.2) is 0 Å². The molecule has 0 N–H and O–H groups in total. The monoisotopic (exact) mass is 350 g/mol. The molecule has 0 saturated heterocycles. The molecule has 0 aliphatic rings. The molecule has 26 heavy (non-hydrogen) atoms. The molecule has 9 heteroatoms. The fourth-order valence-electron chi connectivity index (χ4n) is 2.69. The average molecular weight is 350 g/mol. The lowest BCUT2D eigenvalue weighted by Crippen LogP contribution is -2.00. The first-order valence-electron chi connectivity index (χ1n) is 7.88. The van der Waals surface area contributed by atoms with Gasteiger partial charge in [-0.1, -0.05) is 17.7 Å². The number of aromatic nitrogens is 5. The van der Waals surface area contributed by atoms with Crippen molar-refractivity contribution < 1.29 is 9.34 Å². The van der Waals surface area contributed by atoms with Gasteiger partial charge in [-0.25, -0.2) is 4.98 Å². The van der Waals surface area contributed by atoms with E-state index in [1.807, 2.05) is 31.2 Å². The Kier molecular flexibility index (Phi) is 3.68. The summed E-state index contributed by atoms with van der Waals surface area (Å²) in [5.41, 5.74) is 2.86.